The van der Waals surface area contributed by atoms with Crippen molar-refractivity contribution in [1.82, 2.24) is 0 Å². The molecule has 0 aliphatic heterocycles. The summed E-state index contributed by atoms with van der Waals surface area (Å²) in [5.41, 5.74) is 6.75. The van der Waals surface area contributed by atoms with E-state index in [2.05, 4.69) is 6.92 Å². The molecule has 0 radical (unpaired) electrons. The van der Waals surface area contributed by atoms with Crippen LogP contribution in [0.25, 0.3) is 0 Å². The summed E-state index contributed by atoms with van der Waals surface area (Å²) < 4.78 is 5.18. The Balaban J connectivity index is 1.88. The molecule has 0 aromatic heterocycles. The first-order chi connectivity index (χ1) is 7.65. The first-order valence-corrected chi connectivity index (χ1v) is 6.93. The van der Waals surface area contributed by atoms with Crippen LogP contribution < -0.4 is 5.73 Å². The third-order valence-corrected chi connectivity index (χ3v) is 4.88. The van der Waals surface area contributed by atoms with E-state index in [9.17, 15) is 0 Å². The fourth-order valence-electron chi connectivity index (χ4n) is 3.39. The zero-order valence-corrected chi connectivity index (χ0v) is 10.9. The molecule has 16 heavy (non-hydrogen) atoms. The van der Waals surface area contributed by atoms with Crippen molar-refractivity contribution in [1.29, 1.82) is 0 Å². The molecular weight excluding hydrogens is 198 g/mol. The maximum absolute atomic E-state index is 6.64. The quantitative estimate of drug-likeness (QED) is 0.780. The van der Waals surface area contributed by atoms with Gasteiger partial charge in [-0.15, -0.1) is 0 Å². The highest BCUT2D eigenvalue weighted by Crippen LogP contribution is 2.47. The molecule has 2 heteroatoms. The normalized spacial score (nSPS) is 37.3. The lowest BCUT2D eigenvalue weighted by molar-refractivity contribution is 0.111. The molecule has 0 aromatic carbocycles. The number of rotatable bonds is 5. The Morgan fingerprint density at radius 1 is 1.31 bits per heavy atom. The average Bonchev–Trinajstić information content (AvgIpc) is 3.09. The van der Waals surface area contributed by atoms with Gasteiger partial charge in [-0.05, 0) is 49.9 Å². The van der Waals surface area contributed by atoms with Crippen LogP contribution in [0.1, 0.15) is 51.9 Å². The SMILES string of the molecule is COCCC(C)C1(N)CCCC(C2CC2)C1. The first-order valence-electron chi connectivity index (χ1n) is 6.93. The lowest BCUT2D eigenvalue weighted by Crippen LogP contribution is -2.50. The molecule has 0 aromatic rings. The summed E-state index contributed by atoms with van der Waals surface area (Å²) in [6, 6.07) is 0. The van der Waals surface area contributed by atoms with Crippen LogP contribution >= 0.6 is 0 Å². The zero-order chi connectivity index (χ0) is 11.6. The summed E-state index contributed by atoms with van der Waals surface area (Å²) in [7, 11) is 1.78. The van der Waals surface area contributed by atoms with Gasteiger partial charge in [0.15, 0.2) is 0 Å². The van der Waals surface area contributed by atoms with E-state index in [1.165, 1.54) is 38.5 Å². The van der Waals surface area contributed by atoms with Gasteiger partial charge >= 0.3 is 0 Å². The van der Waals surface area contributed by atoms with Gasteiger partial charge in [-0.25, -0.2) is 0 Å². The summed E-state index contributed by atoms with van der Waals surface area (Å²) in [6.07, 6.45) is 9.31. The average molecular weight is 225 g/mol. The molecule has 2 nitrogen and oxygen atoms in total. The van der Waals surface area contributed by atoms with Crippen molar-refractivity contribution < 1.29 is 4.74 Å². The Bertz CT molecular complexity index is 227. The Labute approximate surface area is 99.9 Å². The van der Waals surface area contributed by atoms with Crippen molar-refractivity contribution >= 4 is 0 Å². The van der Waals surface area contributed by atoms with E-state index in [-0.39, 0.29) is 5.54 Å². The molecule has 0 saturated heterocycles. The van der Waals surface area contributed by atoms with E-state index in [0.717, 1.165) is 24.9 Å². The highest BCUT2D eigenvalue weighted by molar-refractivity contribution is 4.98. The van der Waals surface area contributed by atoms with Gasteiger partial charge in [0.05, 0.1) is 0 Å². The minimum atomic E-state index is 0.101. The predicted molar refractivity (Wildman–Crippen MR) is 67.3 cm³/mol. The molecule has 2 rings (SSSR count). The molecule has 2 fully saturated rings. The van der Waals surface area contributed by atoms with Crippen molar-refractivity contribution in [3.8, 4) is 0 Å². The molecule has 2 aliphatic rings. The van der Waals surface area contributed by atoms with Crippen molar-refractivity contribution in [3.63, 3.8) is 0 Å². The maximum Gasteiger partial charge on any atom is 0.0465 e. The number of ether oxygens (including phenoxy) is 1. The second kappa shape index (κ2) is 5.05. The summed E-state index contributed by atoms with van der Waals surface area (Å²) in [5, 5.41) is 0. The van der Waals surface area contributed by atoms with Crippen LogP contribution in [0.5, 0.6) is 0 Å². The minimum Gasteiger partial charge on any atom is -0.385 e. The van der Waals surface area contributed by atoms with E-state index in [1.54, 1.807) is 7.11 Å². The Morgan fingerprint density at radius 2 is 2.06 bits per heavy atom. The summed E-state index contributed by atoms with van der Waals surface area (Å²) in [6.45, 7) is 3.17. The van der Waals surface area contributed by atoms with E-state index in [0.29, 0.717) is 5.92 Å². The molecular formula is C14H27NO. The molecule has 2 N–H and O–H groups in total. The third-order valence-electron chi connectivity index (χ3n) is 4.88. The Kier molecular flexibility index (Phi) is 3.91. The summed E-state index contributed by atoms with van der Waals surface area (Å²) in [5.74, 6) is 2.57. The highest BCUT2D eigenvalue weighted by atomic mass is 16.5. The minimum absolute atomic E-state index is 0.101. The first kappa shape index (κ1) is 12.4. The molecule has 94 valence electrons. The van der Waals surface area contributed by atoms with Gasteiger partial charge in [0.25, 0.3) is 0 Å². The lowest BCUT2D eigenvalue weighted by atomic mass is 9.68. The van der Waals surface area contributed by atoms with Gasteiger partial charge in [-0.1, -0.05) is 19.8 Å². The largest absolute Gasteiger partial charge is 0.385 e. The predicted octanol–water partition coefficient (Wildman–Crippen LogP) is 2.96. The second-order valence-corrected chi connectivity index (χ2v) is 6.11. The number of methoxy groups -OCH3 is 1. The fraction of sp³-hybridized carbons (Fsp3) is 1.00. The molecule has 2 aliphatic carbocycles. The van der Waals surface area contributed by atoms with Gasteiger partial charge in [-0.2, -0.15) is 0 Å². The molecule has 2 saturated carbocycles. The standard InChI is InChI=1S/C14H27NO/c1-11(7-9-16-2)14(15)8-3-4-13(10-14)12-5-6-12/h11-13H,3-10,15H2,1-2H3. The van der Waals surface area contributed by atoms with Crippen LogP contribution in [0.2, 0.25) is 0 Å². The van der Waals surface area contributed by atoms with Crippen LogP contribution in [0, 0.1) is 17.8 Å². The van der Waals surface area contributed by atoms with E-state index >= 15 is 0 Å². The number of hydrogen-bond donors (Lipinski definition) is 1. The number of nitrogens with two attached hydrogens (primary N) is 1. The third kappa shape index (κ3) is 2.78. The molecule has 0 spiro atoms. The molecule has 0 heterocycles. The highest BCUT2D eigenvalue weighted by Gasteiger charge is 2.42. The van der Waals surface area contributed by atoms with Gasteiger partial charge in [0.1, 0.15) is 0 Å². The van der Waals surface area contributed by atoms with Gasteiger partial charge < -0.3 is 10.5 Å². The van der Waals surface area contributed by atoms with Crippen molar-refractivity contribution in [2.24, 2.45) is 23.5 Å². The summed E-state index contributed by atoms with van der Waals surface area (Å²) in [4.78, 5) is 0. The van der Waals surface area contributed by atoms with Crippen LogP contribution in [0.3, 0.4) is 0 Å². The Hall–Kier alpha value is -0.0800. The van der Waals surface area contributed by atoms with E-state index in [1.807, 2.05) is 0 Å². The van der Waals surface area contributed by atoms with Gasteiger partial charge in [0, 0.05) is 19.3 Å². The lowest BCUT2D eigenvalue weighted by Gasteiger charge is -2.42. The molecule has 3 atom stereocenters. The molecule has 0 amide bonds. The van der Waals surface area contributed by atoms with Crippen molar-refractivity contribution in [3.05, 3.63) is 0 Å². The van der Waals surface area contributed by atoms with E-state index < -0.39 is 0 Å². The van der Waals surface area contributed by atoms with E-state index in [4.69, 9.17) is 10.5 Å². The topological polar surface area (TPSA) is 35.2 Å². The maximum atomic E-state index is 6.64. The molecule has 0 bridgehead atoms. The fourth-order valence-corrected chi connectivity index (χ4v) is 3.39. The van der Waals surface area contributed by atoms with Crippen molar-refractivity contribution in [2.45, 2.75) is 57.4 Å². The molecule has 3 unspecified atom stereocenters. The van der Waals surface area contributed by atoms with Crippen LogP contribution in [-0.2, 0) is 4.74 Å². The summed E-state index contributed by atoms with van der Waals surface area (Å²) >= 11 is 0. The zero-order valence-electron chi connectivity index (χ0n) is 10.9. The second-order valence-electron chi connectivity index (χ2n) is 6.11. The Morgan fingerprint density at radius 3 is 2.69 bits per heavy atom. The van der Waals surface area contributed by atoms with Crippen LogP contribution in [0.15, 0.2) is 0 Å². The smallest absolute Gasteiger partial charge is 0.0465 e. The van der Waals surface area contributed by atoms with Gasteiger partial charge in [-0.3, -0.25) is 0 Å². The van der Waals surface area contributed by atoms with Gasteiger partial charge in [0.2, 0.25) is 0 Å². The van der Waals surface area contributed by atoms with Crippen LogP contribution in [0.4, 0.5) is 0 Å². The monoisotopic (exact) mass is 225 g/mol. The van der Waals surface area contributed by atoms with Crippen molar-refractivity contribution in [2.75, 3.05) is 13.7 Å². The van der Waals surface area contributed by atoms with Crippen LogP contribution in [-0.4, -0.2) is 19.3 Å². The number of hydrogen-bond acceptors (Lipinski definition) is 2.